The van der Waals surface area contributed by atoms with Crippen molar-refractivity contribution in [3.8, 4) is 0 Å². The molecular formula is C21H25N9O. The Kier molecular flexibility index (Phi) is 5.46. The standard InChI is InChI=1S/C21H25N9O/c1-2-14-6-8-29-13-26-17(20(29)19(14)23)9-25-21(31)16(22)12-30(24)11-15-10-28-7-4-3-5-18(28)27-15/h3-8,10,12-13H,2,9,11,22-24H2,1H3,(H,25,31)/b16-12-. The maximum absolute atomic E-state index is 12.4. The second-order valence-electron chi connectivity index (χ2n) is 7.19. The third-order valence-electron chi connectivity index (χ3n) is 5.03. The minimum atomic E-state index is -0.447. The van der Waals surface area contributed by atoms with Crippen LogP contribution >= 0.6 is 0 Å². The minimum Gasteiger partial charge on any atom is -0.397 e. The van der Waals surface area contributed by atoms with E-state index >= 15 is 0 Å². The average Bonchev–Trinajstić information content (AvgIpc) is 3.35. The molecule has 4 heterocycles. The van der Waals surface area contributed by atoms with Crippen molar-refractivity contribution in [1.29, 1.82) is 0 Å². The zero-order chi connectivity index (χ0) is 22.0. The molecule has 31 heavy (non-hydrogen) atoms. The molecule has 4 aromatic heterocycles. The molecule has 0 aliphatic rings. The highest BCUT2D eigenvalue weighted by Gasteiger charge is 2.13. The molecule has 4 aromatic rings. The molecule has 7 N–H and O–H groups in total. The van der Waals surface area contributed by atoms with E-state index in [1.54, 1.807) is 6.33 Å². The molecule has 0 radical (unpaired) electrons. The van der Waals surface area contributed by atoms with Gasteiger partial charge < -0.3 is 30.6 Å². The van der Waals surface area contributed by atoms with Gasteiger partial charge in [-0.1, -0.05) is 13.0 Å². The molecule has 0 fully saturated rings. The zero-order valence-electron chi connectivity index (χ0n) is 17.2. The van der Waals surface area contributed by atoms with Crippen LogP contribution in [0, 0.1) is 0 Å². The van der Waals surface area contributed by atoms with Gasteiger partial charge in [-0.05, 0) is 30.2 Å². The van der Waals surface area contributed by atoms with Crippen LogP contribution in [0.2, 0.25) is 0 Å². The Morgan fingerprint density at radius 2 is 2.10 bits per heavy atom. The summed E-state index contributed by atoms with van der Waals surface area (Å²) in [6.07, 6.45) is 9.55. The van der Waals surface area contributed by atoms with E-state index in [1.807, 2.05) is 58.6 Å². The van der Waals surface area contributed by atoms with Gasteiger partial charge in [0, 0.05) is 24.8 Å². The van der Waals surface area contributed by atoms with Crippen LogP contribution in [0.3, 0.4) is 0 Å². The highest BCUT2D eigenvalue weighted by molar-refractivity contribution is 5.92. The van der Waals surface area contributed by atoms with E-state index in [-0.39, 0.29) is 12.2 Å². The molecule has 0 aromatic carbocycles. The van der Waals surface area contributed by atoms with Gasteiger partial charge in [0.15, 0.2) is 0 Å². The molecule has 0 unspecified atom stereocenters. The van der Waals surface area contributed by atoms with Gasteiger partial charge in [0.2, 0.25) is 0 Å². The fourth-order valence-corrected chi connectivity index (χ4v) is 3.46. The predicted molar refractivity (Wildman–Crippen MR) is 118 cm³/mol. The summed E-state index contributed by atoms with van der Waals surface area (Å²) in [5.74, 6) is 5.55. The number of hydrazine groups is 1. The number of nitrogens with one attached hydrogen (secondary N) is 1. The van der Waals surface area contributed by atoms with Crippen LogP contribution in [0.25, 0.3) is 11.2 Å². The molecule has 10 nitrogen and oxygen atoms in total. The van der Waals surface area contributed by atoms with Gasteiger partial charge in [-0.25, -0.2) is 15.8 Å². The van der Waals surface area contributed by atoms with Crippen molar-refractivity contribution < 1.29 is 4.79 Å². The maximum atomic E-state index is 12.4. The smallest absolute Gasteiger partial charge is 0.269 e. The quantitative estimate of drug-likeness (QED) is 0.198. The number of hydrogen-bond donors (Lipinski definition) is 4. The van der Waals surface area contributed by atoms with E-state index < -0.39 is 5.91 Å². The Morgan fingerprint density at radius 3 is 2.87 bits per heavy atom. The zero-order valence-corrected chi connectivity index (χ0v) is 17.2. The molecule has 0 spiro atoms. The Morgan fingerprint density at radius 1 is 1.26 bits per heavy atom. The summed E-state index contributed by atoms with van der Waals surface area (Å²) in [6, 6.07) is 7.69. The largest absolute Gasteiger partial charge is 0.397 e. The number of aryl methyl sites for hydroxylation is 1. The number of carbonyl (C=O) groups excluding carboxylic acids is 1. The summed E-state index contributed by atoms with van der Waals surface area (Å²) in [5, 5.41) is 4.09. The highest BCUT2D eigenvalue weighted by atomic mass is 16.2. The van der Waals surface area contributed by atoms with E-state index in [9.17, 15) is 4.79 Å². The van der Waals surface area contributed by atoms with E-state index in [4.69, 9.17) is 17.3 Å². The predicted octanol–water partition coefficient (Wildman–Crippen LogP) is 0.919. The summed E-state index contributed by atoms with van der Waals surface area (Å²) in [5.41, 5.74) is 16.9. The highest BCUT2D eigenvalue weighted by Crippen LogP contribution is 2.22. The first-order valence-corrected chi connectivity index (χ1v) is 9.88. The van der Waals surface area contributed by atoms with Crippen molar-refractivity contribution in [1.82, 2.24) is 29.1 Å². The van der Waals surface area contributed by atoms with Crippen LogP contribution < -0.4 is 22.6 Å². The van der Waals surface area contributed by atoms with Gasteiger partial charge in [0.1, 0.15) is 11.3 Å². The number of imidazole rings is 2. The molecule has 10 heteroatoms. The van der Waals surface area contributed by atoms with E-state index in [0.29, 0.717) is 17.9 Å². The molecule has 0 bridgehead atoms. The van der Waals surface area contributed by atoms with Crippen LogP contribution in [0.4, 0.5) is 5.69 Å². The monoisotopic (exact) mass is 419 g/mol. The van der Waals surface area contributed by atoms with Crippen molar-refractivity contribution in [2.45, 2.75) is 26.4 Å². The average molecular weight is 419 g/mol. The van der Waals surface area contributed by atoms with Crippen molar-refractivity contribution >= 4 is 22.8 Å². The lowest BCUT2D eigenvalue weighted by atomic mass is 10.1. The van der Waals surface area contributed by atoms with Gasteiger partial charge in [0.25, 0.3) is 5.91 Å². The summed E-state index contributed by atoms with van der Waals surface area (Å²) in [7, 11) is 0. The molecule has 0 saturated carbocycles. The van der Waals surface area contributed by atoms with E-state index in [1.165, 1.54) is 11.2 Å². The van der Waals surface area contributed by atoms with Crippen LogP contribution in [-0.4, -0.2) is 29.7 Å². The SMILES string of the molecule is CCc1ccn2cnc(CNC(=O)/C(N)=C/N(N)Cc3cn4ccccc4n3)c2c1N. The third-order valence-corrected chi connectivity index (χ3v) is 5.03. The number of pyridine rings is 2. The van der Waals surface area contributed by atoms with Gasteiger partial charge >= 0.3 is 0 Å². The number of anilines is 1. The molecule has 0 aliphatic carbocycles. The summed E-state index contributed by atoms with van der Waals surface area (Å²) in [4.78, 5) is 21.3. The number of hydrogen-bond acceptors (Lipinski definition) is 7. The van der Waals surface area contributed by atoms with Crippen molar-refractivity contribution in [3.05, 3.63) is 78.0 Å². The number of fused-ring (bicyclic) bond motifs is 2. The molecule has 160 valence electrons. The summed E-state index contributed by atoms with van der Waals surface area (Å²) in [6.45, 7) is 2.53. The van der Waals surface area contributed by atoms with Gasteiger partial charge in [-0.3, -0.25) is 4.79 Å². The fourth-order valence-electron chi connectivity index (χ4n) is 3.46. The molecule has 0 atom stereocenters. The normalized spacial score (nSPS) is 11.9. The number of nitrogens with zero attached hydrogens (tertiary/aromatic N) is 5. The lowest BCUT2D eigenvalue weighted by Crippen LogP contribution is -2.32. The third kappa shape index (κ3) is 4.14. The second kappa shape index (κ2) is 8.36. The first kappa shape index (κ1) is 20.2. The molecule has 4 rings (SSSR count). The van der Waals surface area contributed by atoms with E-state index in [2.05, 4.69) is 15.3 Å². The van der Waals surface area contributed by atoms with Crippen LogP contribution in [0.15, 0.2) is 61.1 Å². The summed E-state index contributed by atoms with van der Waals surface area (Å²) >= 11 is 0. The van der Waals surface area contributed by atoms with Crippen molar-refractivity contribution in [2.75, 3.05) is 5.73 Å². The second-order valence-corrected chi connectivity index (χ2v) is 7.19. The van der Waals surface area contributed by atoms with Gasteiger partial charge in [-0.2, -0.15) is 0 Å². The van der Waals surface area contributed by atoms with Crippen LogP contribution in [-0.2, 0) is 24.3 Å². The summed E-state index contributed by atoms with van der Waals surface area (Å²) < 4.78 is 3.74. The molecule has 0 saturated heterocycles. The number of carbonyl (C=O) groups is 1. The van der Waals surface area contributed by atoms with Crippen LogP contribution in [0.1, 0.15) is 23.9 Å². The number of aromatic nitrogens is 4. The lowest BCUT2D eigenvalue weighted by molar-refractivity contribution is -0.117. The van der Waals surface area contributed by atoms with Crippen molar-refractivity contribution in [2.24, 2.45) is 11.6 Å². The number of rotatable bonds is 7. The number of amides is 1. The number of nitrogens with two attached hydrogens (primary N) is 3. The first-order chi connectivity index (χ1) is 15.0. The Balaban J connectivity index is 1.41. The fraction of sp³-hybridized carbons (Fsp3) is 0.190. The Hall–Kier alpha value is -4.05. The topological polar surface area (TPSA) is 145 Å². The molecule has 1 amide bonds. The van der Waals surface area contributed by atoms with E-state index in [0.717, 1.165) is 28.8 Å². The number of nitrogen functional groups attached to an aromatic ring is 1. The Labute approximate surface area is 178 Å². The van der Waals surface area contributed by atoms with Crippen molar-refractivity contribution in [3.63, 3.8) is 0 Å². The minimum absolute atomic E-state index is 0.0167. The molecular weight excluding hydrogens is 394 g/mol. The maximum Gasteiger partial charge on any atom is 0.269 e. The Bertz CT molecular complexity index is 1240. The van der Waals surface area contributed by atoms with Crippen LogP contribution in [0.5, 0.6) is 0 Å². The first-order valence-electron chi connectivity index (χ1n) is 9.88. The lowest BCUT2D eigenvalue weighted by Gasteiger charge is -2.13. The molecule has 0 aliphatic heterocycles. The van der Waals surface area contributed by atoms with Gasteiger partial charge in [-0.15, -0.1) is 0 Å². The van der Waals surface area contributed by atoms with Gasteiger partial charge in [0.05, 0.1) is 42.0 Å².